The molecule has 3 atom stereocenters. The number of benzene rings is 2. The smallest absolute Gasteiger partial charge is 0.420 e. The van der Waals surface area contributed by atoms with E-state index in [0.29, 0.717) is 17.7 Å². The number of hydrogen-bond donors (Lipinski definition) is 2. The zero-order valence-electron chi connectivity index (χ0n) is 20.2. The predicted molar refractivity (Wildman–Crippen MR) is 126 cm³/mol. The van der Waals surface area contributed by atoms with E-state index in [4.69, 9.17) is 4.74 Å². The van der Waals surface area contributed by atoms with E-state index >= 15 is 0 Å². The van der Waals surface area contributed by atoms with Gasteiger partial charge in [-0.15, -0.1) is 0 Å². The van der Waals surface area contributed by atoms with Crippen molar-refractivity contribution in [2.45, 2.75) is 84.2 Å². The zero-order valence-corrected chi connectivity index (χ0v) is 20.2. The first-order chi connectivity index (χ1) is 15.9. The number of ether oxygens (including phenoxy) is 1. The summed E-state index contributed by atoms with van der Waals surface area (Å²) in [5, 5.41) is 13.5. The second kappa shape index (κ2) is 9.06. The number of alkyl halides is 3. The molecule has 2 aliphatic carbocycles. The predicted octanol–water partition coefficient (Wildman–Crippen LogP) is 6.97. The van der Waals surface area contributed by atoms with Gasteiger partial charge >= 0.3 is 12.1 Å². The SMILES string of the molecule is C[C@@H](N[C@H]1C[C@@H](C(=O)O)C1(C)C)c1ccc2ccc(O[C@H]3CC[C@@H](C)CC3)c(C(F)(F)F)c2c1. The van der Waals surface area contributed by atoms with Crippen molar-refractivity contribution in [2.75, 3.05) is 0 Å². The van der Waals surface area contributed by atoms with E-state index in [1.807, 2.05) is 26.8 Å². The van der Waals surface area contributed by atoms with Gasteiger partial charge in [-0.05, 0) is 78.8 Å². The van der Waals surface area contributed by atoms with Gasteiger partial charge in [-0.1, -0.05) is 39.0 Å². The molecule has 2 fully saturated rings. The van der Waals surface area contributed by atoms with Crippen LogP contribution in [0.3, 0.4) is 0 Å². The number of carboxylic acids is 1. The van der Waals surface area contributed by atoms with E-state index in [0.717, 1.165) is 31.2 Å². The Labute approximate surface area is 198 Å². The summed E-state index contributed by atoms with van der Waals surface area (Å²) in [5.41, 5.74) is -0.407. The summed E-state index contributed by atoms with van der Waals surface area (Å²) >= 11 is 0. The molecule has 4 rings (SSSR count). The lowest BCUT2D eigenvalue weighted by atomic mass is 9.58. The minimum Gasteiger partial charge on any atom is -0.490 e. The van der Waals surface area contributed by atoms with Crippen LogP contribution in [0, 0.1) is 17.3 Å². The van der Waals surface area contributed by atoms with Crippen LogP contribution in [0.1, 0.15) is 77.0 Å². The van der Waals surface area contributed by atoms with Crippen LogP contribution in [0.15, 0.2) is 30.3 Å². The highest BCUT2D eigenvalue weighted by Gasteiger charge is 2.52. The topological polar surface area (TPSA) is 58.6 Å². The Hall–Kier alpha value is -2.28. The minimum absolute atomic E-state index is 0.0234. The van der Waals surface area contributed by atoms with Crippen molar-refractivity contribution in [3.8, 4) is 5.75 Å². The number of aliphatic carboxylic acids is 1. The van der Waals surface area contributed by atoms with Gasteiger partial charge < -0.3 is 15.2 Å². The number of rotatable bonds is 6. The number of nitrogens with one attached hydrogen (secondary N) is 1. The van der Waals surface area contributed by atoms with Gasteiger partial charge in [0.25, 0.3) is 0 Å². The molecule has 0 radical (unpaired) electrons. The third-order valence-corrected chi connectivity index (χ3v) is 8.06. The highest BCUT2D eigenvalue weighted by atomic mass is 19.4. The molecule has 2 aromatic rings. The van der Waals surface area contributed by atoms with Crippen molar-refractivity contribution in [1.29, 1.82) is 0 Å². The quantitative estimate of drug-likeness (QED) is 0.472. The Balaban J connectivity index is 1.62. The lowest BCUT2D eigenvalue weighted by Gasteiger charge is -2.51. The summed E-state index contributed by atoms with van der Waals surface area (Å²) < 4.78 is 48.7. The van der Waals surface area contributed by atoms with E-state index in [-0.39, 0.29) is 29.3 Å². The molecular formula is C27H34F3NO3. The molecule has 4 nitrogen and oxygen atoms in total. The molecule has 2 aliphatic rings. The van der Waals surface area contributed by atoms with Gasteiger partial charge in [0.2, 0.25) is 0 Å². The maximum atomic E-state index is 14.3. The monoisotopic (exact) mass is 477 g/mol. The average Bonchev–Trinajstić information content (AvgIpc) is 2.76. The second-order valence-electron chi connectivity index (χ2n) is 10.8. The van der Waals surface area contributed by atoms with E-state index in [1.54, 1.807) is 18.2 Å². The van der Waals surface area contributed by atoms with Gasteiger partial charge in [0.15, 0.2) is 0 Å². The van der Waals surface area contributed by atoms with Crippen molar-refractivity contribution in [3.63, 3.8) is 0 Å². The lowest BCUT2D eigenvalue weighted by Crippen LogP contribution is -2.59. The third kappa shape index (κ3) is 4.77. The Kier molecular flexibility index (Phi) is 6.62. The summed E-state index contributed by atoms with van der Waals surface area (Å²) in [6.07, 6.45) is -0.761. The molecule has 2 saturated carbocycles. The van der Waals surface area contributed by atoms with Gasteiger partial charge in [0.1, 0.15) is 11.3 Å². The van der Waals surface area contributed by atoms with E-state index < -0.39 is 29.0 Å². The average molecular weight is 478 g/mol. The molecule has 0 amide bonds. The fourth-order valence-electron chi connectivity index (χ4n) is 5.53. The summed E-state index contributed by atoms with van der Waals surface area (Å²) in [6.45, 7) is 7.90. The molecule has 0 aliphatic heterocycles. The van der Waals surface area contributed by atoms with Crippen LogP contribution in [-0.4, -0.2) is 23.2 Å². The molecule has 0 heterocycles. The van der Waals surface area contributed by atoms with Crippen LogP contribution in [-0.2, 0) is 11.0 Å². The molecule has 34 heavy (non-hydrogen) atoms. The molecule has 2 N–H and O–H groups in total. The molecule has 2 aromatic carbocycles. The molecular weight excluding hydrogens is 443 g/mol. The Morgan fingerprint density at radius 2 is 1.79 bits per heavy atom. The van der Waals surface area contributed by atoms with Crippen molar-refractivity contribution in [2.24, 2.45) is 17.3 Å². The number of carboxylic acid groups (broad SMARTS) is 1. The van der Waals surface area contributed by atoms with Crippen molar-refractivity contribution in [1.82, 2.24) is 5.32 Å². The highest BCUT2D eigenvalue weighted by molar-refractivity contribution is 5.89. The van der Waals surface area contributed by atoms with E-state index in [2.05, 4.69) is 12.2 Å². The van der Waals surface area contributed by atoms with Crippen molar-refractivity contribution < 1.29 is 27.8 Å². The molecule has 0 spiro atoms. The van der Waals surface area contributed by atoms with Crippen molar-refractivity contribution >= 4 is 16.7 Å². The molecule has 0 unspecified atom stereocenters. The van der Waals surface area contributed by atoms with Gasteiger partial charge in [0, 0.05) is 12.1 Å². The largest absolute Gasteiger partial charge is 0.490 e. The Bertz CT molecular complexity index is 1060. The van der Waals surface area contributed by atoms with Crippen LogP contribution >= 0.6 is 0 Å². The second-order valence-corrected chi connectivity index (χ2v) is 10.8. The molecule has 186 valence electrons. The summed E-state index contributed by atoms with van der Waals surface area (Å²) in [5.74, 6) is -0.743. The summed E-state index contributed by atoms with van der Waals surface area (Å²) in [4.78, 5) is 11.4. The zero-order chi connectivity index (χ0) is 24.8. The van der Waals surface area contributed by atoms with Crippen LogP contribution in [0.2, 0.25) is 0 Å². The Morgan fingerprint density at radius 3 is 2.38 bits per heavy atom. The lowest BCUT2D eigenvalue weighted by molar-refractivity contribution is -0.155. The minimum atomic E-state index is -4.54. The summed E-state index contributed by atoms with van der Waals surface area (Å²) in [7, 11) is 0. The first kappa shape index (κ1) is 24.8. The molecule has 0 bridgehead atoms. The van der Waals surface area contributed by atoms with Crippen LogP contribution in [0.5, 0.6) is 5.75 Å². The van der Waals surface area contributed by atoms with E-state index in [1.165, 1.54) is 6.07 Å². The number of hydrogen-bond acceptors (Lipinski definition) is 3. The maximum absolute atomic E-state index is 14.3. The number of fused-ring (bicyclic) bond motifs is 1. The van der Waals surface area contributed by atoms with Crippen LogP contribution < -0.4 is 10.1 Å². The summed E-state index contributed by atoms with van der Waals surface area (Å²) in [6, 6.07) is 8.05. The van der Waals surface area contributed by atoms with E-state index in [9.17, 15) is 23.1 Å². The fraction of sp³-hybridized carbons (Fsp3) is 0.593. The van der Waals surface area contributed by atoms with Gasteiger partial charge in [0.05, 0.1) is 12.0 Å². The first-order valence-electron chi connectivity index (χ1n) is 12.2. The van der Waals surface area contributed by atoms with Crippen LogP contribution in [0.25, 0.3) is 10.8 Å². The highest BCUT2D eigenvalue weighted by Crippen LogP contribution is 2.47. The number of carbonyl (C=O) groups is 1. The molecule has 7 heteroatoms. The standard InChI is InChI=1S/C27H34F3NO3/c1-15-5-10-19(11-6-15)34-22-12-9-17-7-8-18(13-20(17)24(22)27(28,29)30)16(2)31-23-14-21(25(32)33)26(23,3)4/h7-9,12-13,15-16,19,21,23,31H,5-6,10-11,14H2,1-4H3,(H,32,33)/t15-,16-,19+,21+,23+/m1/s1. The first-order valence-corrected chi connectivity index (χ1v) is 12.2. The van der Waals surface area contributed by atoms with Gasteiger partial charge in [-0.25, -0.2) is 0 Å². The van der Waals surface area contributed by atoms with Crippen molar-refractivity contribution in [3.05, 3.63) is 41.5 Å². The Morgan fingerprint density at radius 1 is 1.15 bits per heavy atom. The molecule has 0 aromatic heterocycles. The van der Waals surface area contributed by atoms with Crippen LogP contribution in [0.4, 0.5) is 13.2 Å². The normalized spacial score (nSPS) is 27.7. The molecule has 0 saturated heterocycles. The third-order valence-electron chi connectivity index (χ3n) is 8.06. The van der Waals surface area contributed by atoms with Gasteiger partial charge in [-0.3, -0.25) is 4.79 Å². The van der Waals surface area contributed by atoms with Gasteiger partial charge in [-0.2, -0.15) is 13.2 Å². The fourth-order valence-corrected chi connectivity index (χ4v) is 5.53. The number of halogens is 3. The maximum Gasteiger partial charge on any atom is 0.420 e.